The van der Waals surface area contributed by atoms with Crippen LogP contribution in [-0.4, -0.2) is 48.4 Å². The summed E-state index contributed by atoms with van der Waals surface area (Å²) in [6, 6.07) is 0. The number of esters is 1. The first-order valence-electron chi connectivity index (χ1n) is 7.23. The summed E-state index contributed by atoms with van der Waals surface area (Å²) in [5.74, 6) is -0.337. The van der Waals surface area contributed by atoms with Crippen LogP contribution in [0.15, 0.2) is 0 Å². The van der Waals surface area contributed by atoms with Gasteiger partial charge in [0.1, 0.15) is 5.00 Å². The Bertz CT molecular complexity index is 576. The molecular weight excluding hydrogens is 320 g/mol. The third-order valence-corrected chi connectivity index (χ3v) is 5.19. The van der Waals surface area contributed by atoms with Crippen molar-refractivity contribution in [3.05, 3.63) is 16.0 Å². The Balaban J connectivity index is 2.18. The van der Waals surface area contributed by atoms with Gasteiger partial charge in [0, 0.05) is 18.0 Å². The Morgan fingerprint density at radius 3 is 2.50 bits per heavy atom. The zero-order valence-electron chi connectivity index (χ0n) is 13.6. The van der Waals surface area contributed by atoms with Gasteiger partial charge in [-0.05, 0) is 45.5 Å². The van der Waals surface area contributed by atoms with Crippen molar-refractivity contribution in [3.8, 4) is 0 Å². The third-order valence-electron chi connectivity index (χ3n) is 3.70. The van der Waals surface area contributed by atoms with Gasteiger partial charge in [0.15, 0.2) is 5.11 Å². The van der Waals surface area contributed by atoms with Gasteiger partial charge in [-0.3, -0.25) is 0 Å². The van der Waals surface area contributed by atoms with E-state index in [1.54, 1.807) is 0 Å². The molecule has 7 heteroatoms. The lowest BCUT2D eigenvalue weighted by atomic mass is 10.1. The Kier molecular flexibility index (Phi) is 5.41. The van der Waals surface area contributed by atoms with E-state index in [2.05, 4.69) is 10.2 Å². The Morgan fingerprint density at radius 2 is 1.95 bits per heavy atom. The van der Waals surface area contributed by atoms with Crippen molar-refractivity contribution in [1.82, 2.24) is 4.90 Å². The summed E-state index contributed by atoms with van der Waals surface area (Å²) in [5.41, 5.74) is 1.51. The van der Waals surface area contributed by atoms with E-state index in [1.807, 2.05) is 27.7 Å². The topological polar surface area (TPSA) is 50.8 Å². The molecular formula is C15H22N2O3S2. The minimum atomic E-state index is -0.337. The minimum Gasteiger partial charge on any atom is -0.465 e. The van der Waals surface area contributed by atoms with Gasteiger partial charge in [-0.2, -0.15) is 0 Å². The van der Waals surface area contributed by atoms with E-state index in [1.165, 1.54) is 18.4 Å². The zero-order chi connectivity index (χ0) is 16.4. The van der Waals surface area contributed by atoms with Gasteiger partial charge in [0.2, 0.25) is 0 Å². The lowest BCUT2D eigenvalue weighted by molar-refractivity contribution is -0.0473. The van der Waals surface area contributed by atoms with Crippen molar-refractivity contribution in [3.63, 3.8) is 0 Å². The molecule has 22 heavy (non-hydrogen) atoms. The fourth-order valence-electron chi connectivity index (χ4n) is 2.58. The molecule has 0 radical (unpaired) electrons. The number of thiophene rings is 1. The molecule has 1 aliphatic heterocycles. The molecule has 1 saturated heterocycles. The molecule has 1 aromatic rings. The molecule has 0 spiro atoms. The SMILES string of the molecule is COC(=O)c1c(NC(=S)N2CC(C)OC(C)C2)sc(C)c1C. The minimum absolute atomic E-state index is 0.135. The number of morpholine rings is 1. The predicted molar refractivity (Wildman–Crippen MR) is 92.9 cm³/mol. The van der Waals surface area contributed by atoms with Crippen molar-refractivity contribution in [1.29, 1.82) is 0 Å². The van der Waals surface area contributed by atoms with Crippen molar-refractivity contribution in [2.45, 2.75) is 39.9 Å². The standard InChI is InChI=1S/C15H22N2O3S2/c1-8-6-17(7-9(2)20-8)15(21)16-13-12(14(18)19-5)10(3)11(4)22-13/h8-9H,6-7H2,1-5H3,(H,16,21). The van der Waals surface area contributed by atoms with E-state index in [4.69, 9.17) is 21.7 Å². The fraction of sp³-hybridized carbons (Fsp3) is 0.600. The number of nitrogens with zero attached hydrogens (tertiary/aromatic N) is 1. The number of carbonyl (C=O) groups excluding carboxylic acids is 1. The molecule has 2 heterocycles. The third kappa shape index (κ3) is 3.59. The second-order valence-corrected chi connectivity index (χ2v) is 7.18. The molecule has 1 fully saturated rings. The molecule has 1 aliphatic rings. The monoisotopic (exact) mass is 342 g/mol. The summed E-state index contributed by atoms with van der Waals surface area (Å²) >= 11 is 7.03. The fourth-order valence-corrected chi connectivity index (χ4v) is 3.95. The maximum Gasteiger partial charge on any atom is 0.341 e. The van der Waals surface area contributed by atoms with Crippen LogP contribution in [0.4, 0.5) is 5.00 Å². The number of thiocarbonyl (C=S) groups is 1. The molecule has 0 amide bonds. The number of ether oxygens (including phenoxy) is 2. The molecule has 2 unspecified atom stereocenters. The average Bonchev–Trinajstić information content (AvgIpc) is 2.72. The molecule has 1 N–H and O–H groups in total. The molecule has 5 nitrogen and oxygen atoms in total. The highest BCUT2D eigenvalue weighted by Gasteiger charge is 2.26. The van der Waals surface area contributed by atoms with E-state index >= 15 is 0 Å². The highest BCUT2D eigenvalue weighted by Crippen LogP contribution is 2.33. The molecule has 0 saturated carbocycles. The maximum absolute atomic E-state index is 12.0. The van der Waals surface area contributed by atoms with Crippen LogP contribution in [-0.2, 0) is 9.47 Å². The summed E-state index contributed by atoms with van der Waals surface area (Å²) in [6.45, 7) is 9.46. The maximum atomic E-state index is 12.0. The average molecular weight is 342 g/mol. The van der Waals surface area contributed by atoms with Crippen LogP contribution in [0, 0.1) is 13.8 Å². The lowest BCUT2D eigenvalue weighted by Gasteiger charge is -2.36. The van der Waals surface area contributed by atoms with E-state index in [-0.39, 0.29) is 18.2 Å². The molecule has 122 valence electrons. The highest BCUT2D eigenvalue weighted by molar-refractivity contribution is 7.80. The smallest absolute Gasteiger partial charge is 0.341 e. The number of anilines is 1. The molecule has 0 aliphatic carbocycles. The summed E-state index contributed by atoms with van der Waals surface area (Å²) in [6.07, 6.45) is 0.269. The number of hydrogen-bond acceptors (Lipinski definition) is 5. The van der Waals surface area contributed by atoms with Crippen LogP contribution in [0.5, 0.6) is 0 Å². The quantitative estimate of drug-likeness (QED) is 0.659. The van der Waals surface area contributed by atoms with Crippen LogP contribution in [0.3, 0.4) is 0 Å². The first-order chi connectivity index (χ1) is 10.3. The largest absolute Gasteiger partial charge is 0.465 e. The summed E-state index contributed by atoms with van der Waals surface area (Å²) in [5, 5.41) is 4.59. The number of methoxy groups -OCH3 is 1. The van der Waals surface area contributed by atoms with Crippen molar-refractivity contribution in [2.24, 2.45) is 0 Å². The summed E-state index contributed by atoms with van der Waals surface area (Å²) < 4.78 is 10.6. The molecule has 0 bridgehead atoms. The number of rotatable bonds is 2. The second-order valence-electron chi connectivity index (χ2n) is 5.57. The van der Waals surface area contributed by atoms with Crippen LogP contribution in [0.25, 0.3) is 0 Å². The second kappa shape index (κ2) is 6.93. The van der Waals surface area contributed by atoms with E-state index in [0.29, 0.717) is 10.7 Å². The number of carbonyl (C=O) groups is 1. The first-order valence-corrected chi connectivity index (χ1v) is 8.45. The molecule has 2 rings (SSSR count). The van der Waals surface area contributed by atoms with E-state index in [9.17, 15) is 4.79 Å². The van der Waals surface area contributed by atoms with Crippen molar-refractivity contribution in [2.75, 3.05) is 25.5 Å². The Hall–Kier alpha value is -1.18. The highest BCUT2D eigenvalue weighted by atomic mass is 32.1. The van der Waals surface area contributed by atoms with Gasteiger partial charge in [0.25, 0.3) is 0 Å². The Labute approximate surface area is 140 Å². The van der Waals surface area contributed by atoms with Crippen molar-refractivity contribution >= 4 is 39.6 Å². The summed E-state index contributed by atoms with van der Waals surface area (Å²) in [4.78, 5) is 15.2. The first kappa shape index (κ1) is 17.2. The number of nitrogens with one attached hydrogen (secondary N) is 1. The van der Waals surface area contributed by atoms with Crippen LogP contribution in [0.2, 0.25) is 0 Å². The van der Waals surface area contributed by atoms with Gasteiger partial charge in [-0.25, -0.2) is 4.79 Å². The van der Waals surface area contributed by atoms with Gasteiger partial charge in [-0.15, -0.1) is 11.3 Å². The molecule has 1 aromatic heterocycles. The van der Waals surface area contributed by atoms with Crippen LogP contribution < -0.4 is 5.32 Å². The summed E-state index contributed by atoms with van der Waals surface area (Å²) in [7, 11) is 1.39. The van der Waals surface area contributed by atoms with E-state index < -0.39 is 0 Å². The number of aryl methyl sites for hydroxylation is 1. The predicted octanol–water partition coefficient (Wildman–Crippen LogP) is 2.96. The zero-order valence-corrected chi connectivity index (χ0v) is 15.2. The van der Waals surface area contributed by atoms with Gasteiger partial charge in [0.05, 0.1) is 24.9 Å². The van der Waals surface area contributed by atoms with E-state index in [0.717, 1.165) is 28.5 Å². The number of hydrogen-bond donors (Lipinski definition) is 1. The molecule has 0 aromatic carbocycles. The van der Waals surface area contributed by atoms with Gasteiger partial charge >= 0.3 is 5.97 Å². The molecule has 2 atom stereocenters. The Morgan fingerprint density at radius 1 is 1.36 bits per heavy atom. The van der Waals surface area contributed by atoms with Crippen molar-refractivity contribution < 1.29 is 14.3 Å². The normalized spacial score (nSPS) is 21.6. The van der Waals surface area contributed by atoms with Gasteiger partial charge in [-0.1, -0.05) is 0 Å². The van der Waals surface area contributed by atoms with Gasteiger partial charge < -0.3 is 19.7 Å². The van der Waals surface area contributed by atoms with Crippen LogP contribution >= 0.6 is 23.6 Å². The lowest BCUT2D eigenvalue weighted by Crippen LogP contribution is -2.49. The van der Waals surface area contributed by atoms with Crippen LogP contribution in [0.1, 0.15) is 34.6 Å².